The fourth-order valence-electron chi connectivity index (χ4n) is 2.10. The van der Waals surface area contributed by atoms with Gasteiger partial charge in [-0.25, -0.2) is 18.2 Å². The molecule has 0 aliphatic heterocycles. The second-order valence-electron chi connectivity index (χ2n) is 4.88. The minimum absolute atomic E-state index is 0.161. The molecule has 3 aromatic rings. The van der Waals surface area contributed by atoms with Crippen LogP contribution in [0.25, 0.3) is 11.3 Å². The molecule has 25 heavy (non-hydrogen) atoms. The van der Waals surface area contributed by atoms with Gasteiger partial charge in [0, 0.05) is 17.0 Å². The molecule has 0 unspecified atom stereocenters. The van der Waals surface area contributed by atoms with Crippen molar-refractivity contribution in [2.75, 3.05) is 12.5 Å². The topological polar surface area (TPSA) is 46.5 Å². The Bertz CT molecular complexity index is 913. The van der Waals surface area contributed by atoms with Gasteiger partial charge in [0.25, 0.3) is 0 Å². The number of hydrogen-bond acceptors (Lipinski definition) is 5. The van der Waals surface area contributed by atoms with Crippen molar-refractivity contribution >= 4 is 22.7 Å². The minimum atomic E-state index is -1.58. The van der Waals surface area contributed by atoms with Gasteiger partial charge in [0.05, 0.1) is 24.6 Å². The second-order valence-corrected chi connectivity index (χ2v) is 5.73. The van der Waals surface area contributed by atoms with Crippen molar-refractivity contribution in [2.24, 2.45) is 5.10 Å². The van der Waals surface area contributed by atoms with Crippen LogP contribution < -0.4 is 10.2 Å². The quantitative estimate of drug-likeness (QED) is 0.407. The molecule has 2 aromatic carbocycles. The van der Waals surface area contributed by atoms with Crippen molar-refractivity contribution in [3.8, 4) is 17.0 Å². The Hall–Kier alpha value is -2.87. The highest BCUT2D eigenvalue weighted by molar-refractivity contribution is 7.14. The summed E-state index contributed by atoms with van der Waals surface area (Å²) in [7, 11) is 1.23. The molecule has 0 saturated heterocycles. The molecule has 3 rings (SSSR count). The summed E-state index contributed by atoms with van der Waals surface area (Å²) in [5.41, 5.74) is 4.05. The molecule has 1 aromatic heterocycles. The van der Waals surface area contributed by atoms with Crippen LogP contribution >= 0.6 is 11.3 Å². The van der Waals surface area contributed by atoms with E-state index in [0.717, 1.165) is 23.5 Å². The van der Waals surface area contributed by atoms with Crippen molar-refractivity contribution in [3.05, 3.63) is 64.8 Å². The van der Waals surface area contributed by atoms with E-state index < -0.39 is 17.5 Å². The molecule has 1 N–H and O–H groups in total. The van der Waals surface area contributed by atoms with E-state index in [1.807, 2.05) is 35.7 Å². The molecule has 0 aliphatic carbocycles. The molecule has 0 radical (unpaired) electrons. The van der Waals surface area contributed by atoms with Crippen LogP contribution in [-0.4, -0.2) is 18.3 Å². The Morgan fingerprint density at radius 1 is 1.16 bits per heavy atom. The number of hydrazone groups is 1. The zero-order chi connectivity index (χ0) is 17.8. The number of methoxy groups -OCH3 is 1. The summed E-state index contributed by atoms with van der Waals surface area (Å²) in [6, 6.07) is 10.3. The van der Waals surface area contributed by atoms with E-state index in [1.165, 1.54) is 18.4 Å². The first-order valence-electron chi connectivity index (χ1n) is 7.11. The molecule has 0 amide bonds. The van der Waals surface area contributed by atoms with Crippen LogP contribution in [0.15, 0.2) is 46.9 Å². The summed E-state index contributed by atoms with van der Waals surface area (Å²) in [6.07, 6.45) is 1.01. The Morgan fingerprint density at radius 2 is 1.92 bits per heavy atom. The second kappa shape index (κ2) is 7.35. The van der Waals surface area contributed by atoms with Gasteiger partial charge in [-0.05, 0) is 0 Å². The van der Waals surface area contributed by atoms with Gasteiger partial charge >= 0.3 is 0 Å². The predicted octanol–water partition coefficient (Wildman–Crippen LogP) is 4.68. The highest BCUT2D eigenvalue weighted by atomic mass is 32.1. The monoisotopic (exact) mass is 363 g/mol. The Morgan fingerprint density at radius 3 is 2.64 bits per heavy atom. The van der Waals surface area contributed by atoms with Gasteiger partial charge in [-0.15, -0.1) is 11.3 Å². The summed E-state index contributed by atoms with van der Waals surface area (Å²) in [5, 5.41) is 6.13. The first-order chi connectivity index (χ1) is 12.1. The van der Waals surface area contributed by atoms with Gasteiger partial charge in [0.15, 0.2) is 17.5 Å². The number of hydrogen-bond donors (Lipinski definition) is 1. The maximum absolute atomic E-state index is 13.8. The van der Waals surface area contributed by atoms with Crippen LogP contribution in [0.5, 0.6) is 5.75 Å². The molecule has 0 aliphatic rings. The highest BCUT2D eigenvalue weighted by Gasteiger charge is 2.18. The fraction of sp³-hybridized carbons (Fsp3) is 0.0588. The summed E-state index contributed by atoms with van der Waals surface area (Å²) in [5.74, 6) is -4.44. The number of nitrogens with zero attached hydrogens (tertiary/aromatic N) is 2. The highest BCUT2D eigenvalue weighted by Crippen LogP contribution is 2.26. The standard InChI is InChI=1S/C17H12F3N3OS/c1-24-14-7-12(18)16(20)15(19)11(14)8-21-23-17-22-13(9-25-17)10-5-3-2-4-6-10/h2-9H,1H3,(H,22,23). The zero-order valence-corrected chi connectivity index (χ0v) is 13.8. The van der Waals surface area contributed by atoms with Crippen molar-refractivity contribution < 1.29 is 17.9 Å². The van der Waals surface area contributed by atoms with Gasteiger partial charge in [0.1, 0.15) is 5.75 Å². The van der Waals surface area contributed by atoms with E-state index in [9.17, 15) is 13.2 Å². The third-order valence-electron chi connectivity index (χ3n) is 3.31. The molecule has 0 bridgehead atoms. The fourth-order valence-corrected chi connectivity index (χ4v) is 2.76. The third-order valence-corrected chi connectivity index (χ3v) is 4.06. The summed E-state index contributed by atoms with van der Waals surface area (Å²) < 4.78 is 45.2. The molecule has 8 heteroatoms. The third kappa shape index (κ3) is 3.63. The number of anilines is 1. The van der Waals surface area contributed by atoms with E-state index in [2.05, 4.69) is 15.5 Å². The number of benzene rings is 2. The van der Waals surface area contributed by atoms with Gasteiger partial charge in [-0.2, -0.15) is 5.10 Å². The largest absolute Gasteiger partial charge is 0.496 e. The lowest BCUT2D eigenvalue weighted by Crippen LogP contribution is -2.02. The predicted molar refractivity (Wildman–Crippen MR) is 91.6 cm³/mol. The van der Waals surface area contributed by atoms with Crippen molar-refractivity contribution in [1.29, 1.82) is 0 Å². The molecular weight excluding hydrogens is 351 g/mol. The van der Waals surface area contributed by atoms with E-state index in [4.69, 9.17) is 4.74 Å². The number of rotatable bonds is 5. The lowest BCUT2D eigenvalue weighted by atomic mass is 10.2. The van der Waals surface area contributed by atoms with Crippen molar-refractivity contribution in [2.45, 2.75) is 0 Å². The average Bonchev–Trinajstić information content (AvgIpc) is 3.11. The van der Waals surface area contributed by atoms with E-state index in [1.54, 1.807) is 0 Å². The Kier molecular flexibility index (Phi) is 4.99. The zero-order valence-electron chi connectivity index (χ0n) is 13.0. The molecular formula is C17H12F3N3OS. The maximum atomic E-state index is 13.8. The number of aromatic nitrogens is 1. The Balaban J connectivity index is 1.79. The van der Waals surface area contributed by atoms with Gasteiger partial charge in [-0.1, -0.05) is 30.3 Å². The van der Waals surface area contributed by atoms with Crippen LogP contribution in [0.1, 0.15) is 5.56 Å². The van der Waals surface area contributed by atoms with E-state index >= 15 is 0 Å². The van der Waals surface area contributed by atoms with Crippen LogP contribution in [0, 0.1) is 17.5 Å². The summed E-state index contributed by atoms with van der Waals surface area (Å²) in [4.78, 5) is 4.34. The first-order valence-corrected chi connectivity index (χ1v) is 7.99. The molecule has 128 valence electrons. The van der Waals surface area contributed by atoms with E-state index in [-0.39, 0.29) is 11.3 Å². The maximum Gasteiger partial charge on any atom is 0.203 e. The molecule has 0 fully saturated rings. The molecule has 0 spiro atoms. The van der Waals surface area contributed by atoms with Crippen LogP contribution in [0.4, 0.5) is 18.3 Å². The van der Waals surface area contributed by atoms with E-state index in [0.29, 0.717) is 5.13 Å². The number of thiazole rings is 1. The van der Waals surface area contributed by atoms with Gasteiger partial charge < -0.3 is 4.74 Å². The van der Waals surface area contributed by atoms with Gasteiger partial charge in [-0.3, -0.25) is 5.43 Å². The average molecular weight is 363 g/mol. The van der Waals surface area contributed by atoms with Crippen LogP contribution in [0.3, 0.4) is 0 Å². The number of halogens is 3. The van der Waals surface area contributed by atoms with Crippen LogP contribution in [0.2, 0.25) is 0 Å². The first kappa shape index (κ1) is 17.0. The smallest absolute Gasteiger partial charge is 0.203 e. The number of nitrogens with one attached hydrogen (secondary N) is 1. The van der Waals surface area contributed by atoms with Crippen molar-refractivity contribution in [3.63, 3.8) is 0 Å². The molecule has 0 saturated carbocycles. The summed E-state index contributed by atoms with van der Waals surface area (Å²) in [6.45, 7) is 0. The molecule has 4 nitrogen and oxygen atoms in total. The number of ether oxygens (including phenoxy) is 1. The minimum Gasteiger partial charge on any atom is -0.496 e. The SMILES string of the molecule is COc1cc(F)c(F)c(F)c1C=NNc1nc(-c2ccccc2)cs1. The molecule has 1 heterocycles. The lowest BCUT2D eigenvalue weighted by Gasteiger charge is -2.06. The van der Waals surface area contributed by atoms with Gasteiger partial charge in [0.2, 0.25) is 5.13 Å². The lowest BCUT2D eigenvalue weighted by molar-refractivity contribution is 0.390. The Labute approximate surface area is 145 Å². The van der Waals surface area contributed by atoms with Crippen LogP contribution in [-0.2, 0) is 0 Å². The molecule has 0 atom stereocenters. The normalized spacial score (nSPS) is 11.0. The van der Waals surface area contributed by atoms with Crippen molar-refractivity contribution in [1.82, 2.24) is 4.98 Å². The summed E-state index contributed by atoms with van der Waals surface area (Å²) >= 11 is 1.30.